The first-order chi connectivity index (χ1) is 15.3. The summed E-state index contributed by atoms with van der Waals surface area (Å²) in [5.41, 5.74) is 1.74. The van der Waals surface area contributed by atoms with Gasteiger partial charge in [0.25, 0.3) is 5.56 Å². The van der Waals surface area contributed by atoms with Crippen molar-refractivity contribution in [3.8, 4) is 0 Å². The van der Waals surface area contributed by atoms with Gasteiger partial charge >= 0.3 is 0 Å². The fraction of sp³-hybridized carbons (Fsp3) is 0.217. The second-order valence-electron chi connectivity index (χ2n) is 7.88. The summed E-state index contributed by atoms with van der Waals surface area (Å²) in [5, 5.41) is 8.18. The van der Waals surface area contributed by atoms with Crippen LogP contribution >= 0.6 is 0 Å². The standard InChI is InChI=1S/C23H22FN5O3/c1-12(2)13-3-7-15(8-4-13)25-21(31)17-11-18(30)27-20-19(17)22(32)29-23(28-20)26-16-9-5-14(24)6-10-16/h3-10,12,17H,11H2,1-2H3,(H,25,31)(H3,26,27,28,29,30,32). The molecular formula is C23H22FN5O3. The Morgan fingerprint density at radius 1 is 1.06 bits per heavy atom. The summed E-state index contributed by atoms with van der Waals surface area (Å²) in [6.07, 6.45) is -0.168. The van der Waals surface area contributed by atoms with Crippen molar-refractivity contribution in [2.45, 2.75) is 32.1 Å². The fourth-order valence-corrected chi connectivity index (χ4v) is 3.51. The summed E-state index contributed by atoms with van der Waals surface area (Å²) in [7, 11) is 0. The number of aromatic nitrogens is 2. The molecule has 32 heavy (non-hydrogen) atoms. The van der Waals surface area contributed by atoms with Gasteiger partial charge in [-0.1, -0.05) is 26.0 Å². The number of rotatable bonds is 5. The van der Waals surface area contributed by atoms with Crippen LogP contribution in [0.25, 0.3) is 0 Å². The third-order valence-electron chi connectivity index (χ3n) is 5.22. The van der Waals surface area contributed by atoms with Gasteiger partial charge in [0.2, 0.25) is 17.8 Å². The van der Waals surface area contributed by atoms with Crippen LogP contribution in [0.3, 0.4) is 0 Å². The van der Waals surface area contributed by atoms with Gasteiger partial charge in [-0.2, -0.15) is 4.98 Å². The highest BCUT2D eigenvalue weighted by atomic mass is 19.1. The van der Waals surface area contributed by atoms with Crippen molar-refractivity contribution < 1.29 is 14.0 Å². The van der Waals surface area contributed by atoms with Crippen LogP contribution in [-0.4, -0.2) is 21.8 Å². The zero-order valence-corrected chi connectivity index (χ0v) is 17.5. The van der Waals surface area contributed by atoms with Crippen LogP contribution in [0.2, 0.25) is 0 Å². The predicted molar refractivity (Wildman–Crippen MR) is 120 cm³/mol. The second-order valence-corrected chi connectivity index (χ2v) is 7.88. The Kier molecular flexibility index (Phi) is 5.72. The lowest BCUT2D eigenvalue weighted by Gasteiger charge is -2.23. The molecule has 2 amide bonds. The van der Waals surface area contributed by atoms with E-state index in [0.717, 1.165) is 5.56 Å². The van der Waals surface area contributed by atoms with Gasteiger partial charge in [0.1, 0.15) is 11.6 Å². The molecule has 3 aromatic rings. The number of amides is 2. The van der Waals surface area contributed by atoms with Crippen molar-refractivity contribution in [3.63, 3.8) is 0 Å². The lowest BCUT2D eigenvalue weighted by Crippen LogP contribution is -2.36. The SMILES string of the molecule is CC(C)c1ccc(NC(=O)C2CC(=O)Nc3nc(Nc4ccc(F)cc4)[nH]c(=O)c32)cc1. The smallest absolute Gasteiger partial charge is 0.258 e. The zero-order chi connectivity index (χ0) is 22.8. The van der Waals surface area contributed by atoms with E-state index in [1.54, 1.807) is 12.1 Å². The minimum absolute atomic E-state index is 0.0184. The van der Waals surface area contributed by atoms with Crippen molar-refractivity contribution in [2.75, 3.05) is 16.0 Å². The van der Waals surface area contributed by atoms with Crippen LogP contribution in [0.1, 0.15) is 43.2 Å². The summed E-state index contributed by atoms with van der Waals surface area (Å²) in [6, 6.07) is 12.9. The first kappa shape index (κ1) is 21.2. The van der Waals surface area contributed by atoms with Crippen LogP contribution in [0.4, 0.5) is 27.5 Å². The molecule has 164 valence electrons. The van der Waals surface area contributed by atoms with E-state index in [0.29, 0.717) is 17.3 Å². The highest BCUT2D eigenvalue weighted by molar-refractivity contribution is 6.04. The molecule has 1 unspecified atom stereocenters. The largest absolute Gasteiger partial charge is 0.326 e. The number of benzene rings is 2. The Labute approximate surface area is 183 Å². The van der Waals surface area contributed by atoms with Crippen molar-refractivity contribution in [1.82, 2.24) is 9.97 Å². The molecule has 1 atom stereocenters. The van der Waals surface area contributed by atoms with E-state index in [-0.39, 0.29) is 23.8 Å². The second kappa shape index (κ2) is 8.62. The Morgan fingerprint density at radius 2 is 1.72 bits per heavy atom. The Bertz CT molecular complexity index is 1220. The number of halogens is 1. The molecule has 0 bridgehead atoms. The summed E-state index contributed by atoms with van der Waals surface area (Å²) in [5.74, 6) is -1.84. The number of hydrogen-bond donors (Lipinski definition) is 4. The molecule has 0 radical (unpaired) electrons. The fourth-order valence-electron chi connectivity index (χ4n) is 3.51. The molecule has 2 heterocycles. The quantitative estimate of drug-likeness (QED) is 0.486. The minimum Gasteiger partial charge on any atom is -0.326 e. The van der Waals surface area contributed by atoms with Crippen LogP contribution in [0.15, 0.2) is 53.3 Å². The number of carbonyl (C=O) groups excluding carboxylic acids is 2. The van der Waals surface area contributed by atoms with Crippen molar-refractivity contribution in [1.29, 1.82) is 0 Å². The van der Waals surface area contributed by atoms with Crippen LogP contribution < -0.4 is 21.5 Å². The predicted octanol–water partition coefficient (Wildman–Crippen LogP) is 3.84. The highest BCUT2D eigenvalue weighted by Crippen LogP contribution is 2.30. The molecule has 0 spiro atoms. The highest BCUT2D eigenvalue weighted by Gasteiger charge is 2.34. The van der Waals surface area contributed by atoms with Gasteiger partial charge in [-0.3, -0.25) is 19.4 Å². The molecule has 4 rings (SSSR count). The third kappa shape index (κ3) is 4.51. The van der Waals surface area contributed by atoms with Gasteiger partial charge in [-0.25, -0.2) is 4.39 Å². The Morgan fingerprint density at radius 3 is 2.38 bits per heavy atom. The molecule has 1 aliphatic rings. The van der Waals surface area contributed by atoms with E-state index < -0.39 is 29.1 Å². The van der Waals surface area contributed by atoms with E-state index in [2.05, 4.69) is 39.8 Å². The first-order valence-electron chi connectivity index (χ1n) is 10.2. The van der Waals surface area contributed by atoms with Gasteiger partial charge < -0.3 is 16.0 Å². The number of aromatic amines is 1. The normalized spacial score (nSPS) is 15.1. The van der Waals surface area contributed by atoms with E-state index in [1.165, 1.54) is 24.3 Å². The van der Waals surface area contributed by atoms with Gasteiger partial charge in [-0.05, 0) is 47.9 Å². The molecule has 1 aliphatic heterocycles. The average Bonchev–Trinajstić information content (AvgIpc) is 2.75. The van der Waals surface area contributed by atoms with E-state index >= 15 is 0 Å². The van der Waals surface area contributed by atoms with E-state index in [9.17, 15) is 18.8 Å². The van der Waals surface area contributed by atoms with Crippen molar-refractivity contribution >= 4 is 35.0 Å². The van der Waals surface area contributed by atoms with E-state index in [1.807, 2.05) is 12.1 Å². The Balaban J connectivity index is 1.59. The van der Waals surface area contributed by atoms with Gasteiger partial charge in [0.15, 0.2) is 0 Å². The van der Waals surface area contributed by atoms with Gasteiger partial charge in [0.05, 0.1) is 11.5 Å². The molecule has 0 fully saturated rings. The number of fused-ring (bicyclic) bond motifs is 1. The Hall–Kier alpha value is -4.01. The topological polar surface area (TPSA) is 116 Å². The molecule has 1 aromatic heterocycles. The number of nitrogens with one attached hydrogen (secondary N) is 4. The summed E-state index contributed by atoms with van der Waals surface area (Å²) in [4.78, 5) is 44.8. The minimum atomic E-state index is -0.986. The lowest BCUT2D eigenvalue weighted by molar-refractivity contribution is -0.123. The maximum atomic E-state index is 13.1. The summed E-state index contributed by atoms with van der Waals surface area (Å²) >= 11 is 0. The first-order valence-corrected chi connectivity index (χ1v) is 10.2. The van der Waals surface area contributed by atoms with Crippen molar-refractivity contribution in [3.05, 3.63) is 75.8 Å². The monoisotopic (exact) mass is 435 g/mol. The maximum Gasteiger partial charge on any atom is 0.258 e. The van der Waals surface area contributed by atoms with E-state index in [4.69, 9.17) is 0 Å². The summed E-state index contributed by atoms with van der Waals surface area (Å²) < 4.78 is 13.1. The number of carbonyl (C=O) groups is 2. The average molecular weight is 435 g/mol. The van der Waals surface area contributed by atoms with Crippen molar-refractivity contribution in [2.24, 2.45) is 0 Å². The van der Waals surface area contributed by atoms with Crippen LogP contribution in [0.5, 0.6) is 0 Å². The van der Waals surface area contributed by atoms with Crippen LogP contribution in [-0.2, 0) is 9.59 Å². The molecule has 8 nitrogen and oxygen atoms in total. The molecular weight excluding hydrogens is 413 g/mol. The molecule has 0 saturated carbocycles. The summed E-state index contributed by atoms with van der Waals surface area (Å²) in [6.45, 7) is 4.15. The van der Waals surface area contributed by atoms with Gasteiger partial charge in [-0.15, -0.1) is 0 Å². The van der Waals surface area contributed by atoms with Gasteiger partial charge in [0, 0.05) is 17.8 Å². The molecule has 9 heteroatoms. The number of hydrogen-bond acceptors (Lipinski definition) is 5. The third-order valence-corrected chi connectivity index (χ3v) is 5.22. The number of nitrogens with zero attached hydrogens (tertiary/aromatic N) is 1. The zero-order valence-electron chi connectivity index (χ0n) is 17.5. The number of anilines is 4. The molecule has 2 aromatic carbocycles. The maximum absolute atomic E-state index is 13.1. The molecule has 4 N–H and O–H groups in total. The lowest BCUT2D eigenvalue weighted by atomic mass is 9.92. The molecule has 0 aliphatic carbocycles. The molecule has 0 saturated heterocycles. The number of H-pyrrole nitrogens is 1. The van der Waals surface area contributed by atoms with Crippen LogP contribution in [0, 0.1) is 5.82 Å².